The number of carbonyl (C=O) groups is 4. The molecule has 0 heterocycles. The standard InChI is InChI=1S/C26H43N5O6S/c1-4-16(2)22(25(35)29-20(26(36)37)7-5-6-13-27)31-24(34)21(15-17-8-10-18(32)11-9-17)30-23(33)19(28)12-14-38-3/h8-11,16,19-22,32H,4-7,12-15,27-28H2,1-3H3,(H,29,35)(H,30,33)(H,31,34)(H,36,37). The van der Waals surface area contributed by atoms with Crippen LogP contribution in [-0.4, -0.2) is 76.6 Å². The van der Waals surface area contributed by atoms with E-state index in [4.69, 9.17) is 11.5 Å². The van der Waals surface area contributed by atoms with E-state index in [9.17, 15) is 29.4 Å². The summed E-state index contributed by atoms with van der Waals surface area (Å²) in [4.78, 5) is 51.0. The van der Waals surface area contributed by atoms with Crippen molar-refractivity contribution in [1.82, 2.24) is 16.0 Å². The molecule has 0 bridgehead atoms. The van der Waals surface area contributed by atoms with Crippen molar-refractivity contribution in [1.29, 1.82) is 0 Å². The average Bonchev–Trinajstić information content (AvgIpc) is 2.89. The number of thioether (sulfide) groups is 1. The number of carboxylic acid groups (broad SMARTS) is 1. The fourth-order valence-corrected chi connectivity index (χ4v) is 4.19. The number of phenolic OH excluding ortho intramolecular Hbond substituents is 1. The van der Waals surface area contributed by atoms with Gasteiger partial charge < -0.3 is 37.6 Å². The van der Waals surface area contributed by atoms with Gasteiger partial charge in [0.15, 0.2) is 0 Å². The van der Waals surface area contributed by atoms with Gasteiger partial charge in [0.25, 0.3) is 0 Å². The Morgan fingerprint density at radius 1 is 0.947 bits per heavy atom. The van der Waals surface area contributed by atoms with Crippen molar-refractivity contribution in [2.45, 2.75) is 76.5 Å². The Balaban J connectivity index is 3.11. The third kappa shape index (κ3) is 11.7. The Hall–Kier alpha value is -2.83. The quantitative estimate of drug-likeness (QED) is 0.128. The molecule has 0 fully saturated rings. The molecule has 0 saturated carbocycles. The van der Waals surface area contributed by atoms with Gasteiger partial charge in [-0.2, -0.15) is 11.8 Å². The van der Waals surface area contributed by atoms with Crippen LogP contribution in [-0.2, 0) is 25.6 Å². The molecule has 5 unspecified atom stereocenters. The molecule has 214 valence electrons. The first-order chi connectivity index (χ1) is 18.0. The number of carboxylic acids is 1. The highest BCUT2D eigenvalue weighted by Crippen LogP contribution is 2.14. The van der Waals surface area contributed by atoms with E-state index in [1.807, 2.05) is 13.2 Å². The van der Waals surface area contributed by atoms with Gasteiger partial charge in [0.2, 0.25) is 17.7 Å². The molecule has 0 aromatic heterocycles. The Kier molecular flexibility index (Phi) is 15.4. The number of benzene rings is 1. The number of nitrogens with one attached hydrogen (secondary N) is 3. The van der Waals surface area contributed by atoms with Crippen LogP contribution in [0.25, 0.3) is 0 Å². The molecule has 5 atom stereocenters. The molecule has 0 aliphatic rings. The number of hydrogen-bond acceptors (Lipinski definition) is 8. The molecule has 38 heavy (non-hydrogen) atoms. The number of amides is 3. The molecule has 0 saturated heterocycles. The molecular formula is C26H43N5O6S. The first-order valence-electron chi connectivity index (χ1n) is 12.9. The van der Waals surface area contributed by atoms with Crippen LogP contribution >= 0.6 is 11.8 Å². The molecule has 0 radical (unpaired) electrons. The van der Waals surface area contributed by atoms with Gasteiger partial charge in [0.05, 0.1) is 6.04 Å². The molecular weight excluding hydrogens is 510 g/mol. The number of phenols is 1. The minimum atomic E-state index is -1.17. The van der Waals surface area contributed by atoms with Crippen LogP contribution in [0, 0.1) is 5.92 Å². The van der Waals surface area contributed by atoms with Gasteiger partial charge in [0.1, 0.15) is 23.9 Å². The van der Waals surface area contributed by atoms with Crippen molar-refractivity contribution in [2.75, 3.05) is 18.6 Å². The Morgan fingerprint density at radius 2 is 1.58 bits per heavy atom. The van der Waals surface area contributed by atoms with Crippen LogP contribution < -0.4 is 27.4 Å². The first kappa shape index (κ1) is 33.2. The van der Waals surface area contributed by atoms with Gasteiger partial charge in [-0.15, -0.1) is 0 Å². The molecule has 3 amide bonds. The molecule has 11 nitrogen and oxygen atoms in total. The second kappa shape index (κ2) is 17.6. The summed E-state index contributed by atoms with van der Waals surface area (Å²) in [6.07, 6.45) is 4.34. The lowest BCUT2D eigenvalue weighted by molar-refractivity contribution is -0.143. The molecule has 0 aliphatic heterocycles. The van der Waals surface area contributed by atoms with Crippen LogP contribution in [0.4, 0.5) is 0 Å². The summed E-state index contributed by atoms with van der Waals surface area (Å²) in [7, 11) is 0. The lowest BCUT2D eigenvalue weighted by Gasteiger charge is -2.28. The van der Waals surface area contributed by atoms with Crippen LogP contribution in [0.2, 0.25) is 0 Å². The van der Waals surface area contributed by atoms with Crippen molar-refractivity contribution in [3.05, 3.63) is 29.8 Å². The zero-order chi connectivity index (χ0) is 28.7. The van der Waals surface area contributed by atoms with Crippen molar-refractivity contribution >= 4 is 35.5 Å². The third-order valence-corrected chi connectivity index (χ3v) is 6.98. The summed E-state index contributed by atoms with van der Waals surface area (Å²) < 4.78 is 0. The zero-order valence-electron chi connectivity index (χ0n) is 22.4. The van der Waals surface area contributed by atoms with Gasteiger partial charge in [-0.25, -0.2) is 4.79 Å². The van der Waals surface area contributed by atoms with Gasteiger partial charge in [-0.3, -0.25) is 14.4 Å². The number of nitrogens with two attached hydrogens (primary N) is 2. The van der Waals surface area contributed by atoms with Gasteiger partial charge in [-0.1, -0.05) is 32.4 Å². The normalized spacial score (nSPS) is 15.0. The molecule has 0 aliphatic carbocycles. The van der Waals surface area contributed by atoms with E-state index in [1.165, 1.54) is 12.1 Å². The molecule has 12 heteroatoms. The van der Waals surface area contributed by atoms with E-state index in [0.29, 0.717) is 43.5 Å². The predicted molar refractivity (Wildman–Crippen MR) is 149 cm³/mol. The van der Waals surface area contributed by atoms with Crippen molar-refractivity contribution in [2.24, 2.45) is 17.4 Å². The SMILES string of the molecule is CCC(C)C(NC(=O)C(Cc1ccc(O)cc1)NC(=O)C(N)CCSC)C(=O)NC(CCCCN)C(=O)O. The van der Waals surface area contributed by atoms with Crippen LogP contribution in [0.1, 0.15) is 51.5 Å². The summed E-state index contributed by atoms with van der Waals surface area (Å²) in [5.74, 6) is -2.44. The molecule has 0 spiro atoms. The van der Waals surface area contributed by atoms with Gasteiger partial charge in [-0.05, 0) is 67.9 Å². The molecule has 1 aromatic rings. The van der Waals surface area contributed by atoms with E-state index >= 15 is 0 Å². The topological polar surface area (TPSA) is 197 Å². The lowest BCUT2D eigenvalue weighted by Crippen LogP contribution is -2.59. The highest BCUT2D eigenvalue weighted by molar-refractivity contribution is 7.98. The summed E-state index contributed by atoms with van der Waals surface area (Å²) in [6.45, 7) is 4.05. The number of aliphatic carboxylic acids is 1. The second-order valence-corrected chi connectivity index (χ2v) is 10.4. The predicted octanol–water partition coefficient (Wildman–Crippen LogP) is 0.729. The average molecular weight is 554 g/mol. The number of aromatic hydroxyl groups is 1. The van der Waals surface area contributed by atoms with Crippen LogP contribution in [0.3, 0.4) is 0 Å². The van der Waals surface area contributed by atoms with E-state index in [2.05, 4.69) is 16.0 Å². The Labute approximate surface area is 228 Å². The third-order valence-electron chi connectivity index (χ3n) is 6.33. The van der Waals surface area contributed by atoms with Crippen LogP contribution in [0.15, 0.2) is 24.3 Å². The number of hydrogen-bond donors (Lipinski definition) is 7. The molecule has 1 rings (SSSR count). The van der Waals surface area contributed by atoms with E-state index in [-0.39, 0.29) is 24.5 Å². The minimum absolute atomic E-state index is 0.0610. The maximum atomic E-state index is 13.4. The van der Waals surface area contributed by atoms with E-state index < -0.39 is 47.9 Å². The minimum Gasteiger partial charge on any atom is -0.508 e. The highest BCUT2D eigenvalue weighted by atomic mass is 32.2. The maximum Gasteiger partial charge on any atom is 0.326 e. The zero-order valence-corrected chi connectivity index (χ0v) is 23.3. The van der Waals surface area contributed by atoms with Gasteiger partial charge in [0, 0.05) is 6.42 Å². The van der Waals surface area contributed by atoms with Crippen molar-refractivity contribution in [3.63, 3.8) is 0 Å². The lowest BCUT2D eigenvalue weighted by atomic mass is 9.96. The number of carbonyl (C=O) groups excluding carboxylic acids is 3. The Morgan fingerprint density at radius 3 is 2.13 bits per heavy atom. The summed E-state index contributed by atoms with van der Waals surface area (Å²) >= 11 is 1.55. The fraction of sp³-hybridized carbons (Fsp3) is 0.615. The van der Waals surface area contributed by atoms with Crippen LogP contribution in [0.5, 0.6) is 5.75 Å². The van der Waals surface area contributed by atoms with Crippen molar-refractivity contribution in [3.8, 4) is 5.75 Å². The summed E-state index contributed by atoms with van der Waals surface area (Å²) in [5, 5.41) is 27.1. The smallest absolute Gasteiger partial charge is 0.326 e. The first-order valence-corrected chi connectivity index (χ1v) is 14.3. The van der Waals surface area contributed by atoms with E-state index in [0.717, 1.165) is 0 Å². The Bertz CT molecular complexity index is 901. The fourth-order valence-electron chi connectivity index (χ4n) is 3.70. The highest BCUT2D eigenvalue weighted by Gasteiger charge is 2.32. The molecule has 1 aromatic carbocycles. The number of unbranched alkanes of at least 4 members (excludes halogenated alkanes) is 1. The maximum absolute atomic E-state index is 13.4. The largest absolute Gasteiger partial charge is 0.508 e. The summed E-state index contributed by atoms with van der Waals surface area (Å²) in [6, 6.07) is 2.22. The van der Waals surface area contributed by atoms with Gasteiger partial charge >= 0.3 is 5.97 Å². The van der Waals surface area contributed by atoms with E-state index in [1.54, 1.807) is 30.8 Å². The monoisotopic (exact) mass is 553 g/mol. The van der Waals surface area contributed by atoms with Crippen molar-refractivity contribution < 1.29 is 29.4 Å². The summed E-state index contributed by atoms with van der Waals surface area (Å²) in [5.41, 5.74) is 12.2. The second-order valence-electron chi connectivity index (χ2n) is 9.38. The number of rotatable bonds is 18. The molecule has 9 N–H and O–H groups in total.